The van der Waals surface area contributed by atoms with Gasteiger partial charge < -0.3 is 19.9 Å². The third-order valence-corrected chi connectivity index (χ3v) is 3.62. The smallest absolute Gasteiger partial charge is 0.336 e. The van der Waals surface area contributed by atoms with Gasteiger partial charge in [-0.15, -0.1) is 0 Å². The van der Waals surface area contributed by atoms with E-state index in [4.69, 9.17) is 9.47 Å². The van der Waals surface area contributed by atoms with Crippen molar-refractivity contribution < 1.29 is 19.4 Å². The molecule has 0 radical (unpaired) electrons. The minimum atomic E-state index is -1.01. The molecule has 0 spiro atoms. The molecular weight excluding hydrogens is 308 g/mol. The van der Waals surface area contributed by atoms with Gasteiger partial charge in [-0.2, -0.15) is 0 Å². The highest BCUT2D eigenvalue weighted by Gasteiger charge is 2.13. The molecule has 0 fully saturated rings. The molecule has 24 heavy (non-hydrogen) atoms. The average molecular weight is 324 g/mol. The number of hydrogen-bond donors (Lipinski definition) is 2. The topological polar surface area (TPSA) is 80.7 Å². The summed E-state index contributed by atoms with van der Waals surface area (Å²) in [5, 5.41) is 13.2. The van der Waals surface area contributed by atoms with Gasteiger partial charge in [0, 0.05) is 11.5 Å². The zero-order valence-corrected chi connectivity index (χ0v) is 13.2. The molecule has 3 aromatic rings. The molecule has 0 saturated heterocycles. The molecule has 0 unspecified atom stereocenters. The lowest BCUT2D eigenvalue weighted by Crippen LogP contribution is -2.03. The number of nitrogens with zero attached hydrogens (tertiary/aromatic N) is 1. The van der Waals surface area contributed by atoms with Crippen molar-refractivity contribution in [3.8, 4) is 11.5 Å². The highest BCUT2D eigenvalue weighted by molar-refractivity contribution is 6.03. The standard InChI is InChI=1S/C18H16N2O4/c1-23-11-7-8-16(24-2)15(9-11)20-17-10-13(18(21)22)12-5-3-4-6-14(12)19-17/h3-10H,1-2H3,(H,19,20)(H,21,22). The van der Waals surface area contributed by atoms with Crippen LogP contribution in [0, 0.1) is 0 Å². The van der Waals surface area contributed by atoms with Crippen molar-refractivity contribution in [3.63, 3.8) is 0 Å². The van der Waals surface area contributed by atoms with Crippen LogP contribution in [0.5, 0.6) is 11.5 Å². The van der Waals surface area contributed by atoms with E-state index in [1.807, 2.05) is 6.07 Å². The molecule has 0 aliphatic heterocycles. The summed E-state index contributed by atoms with van der Waals surface area (Å²) in [6, 6.07) is 13.9. The van der Waals surface area contributed by atoms with Gasteiger partial charge in [0.25, 0.3) is 0 Å². The van der Waals surface area contributed by atoms with E-state index in [0.717, 1.165) is 0 Å². The molecular formula is C18H16N2O4. The van der Waals surface area contributed by atoms with Crippen LogP contribution in [-0.2, 0) is 0 Å². The first kappa shape index (κ1) is 15.6. The summed E-state index contributed by atoms with van der Waals surface area (Å²) >= 11 is 0. The highest BCUT2D eigenvalue weighted by Crippen LogP contribution is 2.32. The summed E-state index contributed by atoms with van der Waals surface area (Å²) in [4.78, 5) is 16.0. The number of anilines is 2. The molecule has 0 saturated carbocycles. The van der Waals surface area contributed by atoms with Gasteiger partial charge in [-0.3, -0.25) is 0 Å². The minimum Gasteiger partial charge on any atom is -0.497 e. The third-order valence-electron chi connectivity index (χ3n) is 3.62. The lowest BCUT2D eigenvalue weighted by Gasteiger charge is -2.13. The lowest BCUT2D eigenvalue weighted by molar-refractivity contribution is 0.0699. The second-order valence-electron chi connectivity index (χ2n) is 5.07. The zero-order valence-electron chi connectivity index (χ0n) is 13.2. The predicted molar refractivity (Wildman–Crippen MR) is 91.5 cm³/mol. The fraction of sp³-hybridized carbons (Fsp3) is 0.111. The number of aromatic carboxylic acids is 1. The Balaban J connectivity index is 2.09. The Morgan fingerprint density at radius 3 is 2.58 bits per heavy atom. The molecule has 1 heterocycles. The molecule has 6 nitrogen and oxygen atoms in total. The van der Waals surface area contributed by atoms with Crippen LogP contribution < -0.4 is 14.8 Å². The van der Waals surface area contributed by atoms with Crippen molar-refractivity contribution in [3.05, 3.63) is 54.1 Å². The van der Waals surface area contributed by atoms with Crippen LogP contribution in [0.4, 0.5) is 11.5 Å². The van der Waals surface area contributed by atoms with Gasteiger partial charge >= 0.3 is 5.97 Å². The van der Waals surface area contributed by atoms with Gasteiger partial charge in [-0.25, -0.2) is 9.78 Å². The predicted octanol–water partition coefficient (Wildman–Crippen LogP) is 3.69. The van der Waals surface area contributed by atoms with E-state index in [2.05, 4.69) is 10.3 Å². The molecule has 2 N–H and O–H groups in total. The zero-order chi connectivity index (χ0) is 17.1. The van der Waals surface area contributed by atoms with Crippen LogP contribution in [0.1, 0.15) is 10.4 Å². The fourth-order valence-electron chi connectivity index (χ4n) is 2.47. The first-order chi connectivity index (χ1) is 11.6. The minimum absolute atomic E-state index is 0.185. The van der Waals surface area contributed by atoms with Crippen LogP contribution in [0.2, 0.25) is 0 Å². The summed E-state index contributed by atoms with van der Waals surface area (Å²) in [6.07, 6.45) is 0. The van der Waals surface area contributed by atoms with Crippen molar-refractivity contribution in [2.24, 2.45) is 0 Å². The summed E-state index contributed by atoms with van der Waals surface area (Å²) in [5.74, 6) is 0.659. The number of hydrogen-bond acceptors (Lipinski definition) is 5. The second-order valence-corrected chi connectivity index (χ2v) is 5.07. The second kappa shape index (κ2) is 6.45. The number of carboxylic acid groups (broad SMARTS) is 1. The molecule has 0 aliphatic carbocycles. The normalized spacial score (nSPS) is 10.4. The van der Waals surface area contributed by atoms with Crippen molar-refractivity contribution in [2.45, 2.75) is 0 Å². The van der Waals surface area contributed by atoms with Gasteiger partial charge in [-0.1, -0.05) is 18.2 Å². The number of rotatable bonds is 5. The van der Waals surface area contributed by atoms with Crippen LogP contribution in [0.3, 0.4) is 0 Å². The van der Waals surface area contributed by atoms with Gasteiger partial charge in [0.15, 0.2) is 0 Å². The fourth-order valence-corrected chi connectivity index (χ4v) is 2.47. The maximum absolute atomic E-state index is 11.5. The van der Waals surface area contributed by atoms with Crippen LogP contribution in [-0.4, -0.2) is 30.3 Å². The molecule has 0 atom stereocenters. The van der Waals surface area contributed by atoms with Crippen LogP contribution >= 0.6 is 0 Å². The number of fused-ring (bicyclic) bond motifs is 1. The Hall–Kier alpha value is -3.28. The van der Waals surface area contributed by atoms with Crippen LogP contribution in [0.25, 0.3) is 10.9 Å². The number of methoxy groups -OCH3 is 2. The highest BCUT2D eigenvalue weighted by atomic mass is 16.5. The van der Waals surface area contributed by atoms with Crippen molar-refractivity contribution >= 4 is 28.4 Å². The molecule has 2 aromatic carbocycles. The van der Waals surface area contributed by atoms with Gasteiger partial charge in [0.05, 0.1) is 31.0 Å². The Bertz CT molecular complexity index is 909. The Labute approximate surface area is 138 Å². The summed E-state index contributed by atoms with van der Waals surface area (Å²) < 4.78 is 10.5. The maximum Gasteiger partial charge on any atom is 0.336 e. The molecule has 3 rings (SSSR count). The van der Waals surface area contributed by atoms with Crippen molar-refractivity contribution in [1.82, 2.24) is 4.98 Å². The first-order valence-electron chi connectivity index (χ1n) is 7.24. The Morgan fingerprint density at radius 1 is 1.08 bits per heavy atom. The Kier molecular flexibility index (Phi) is 4.20. The lowest BCUT2D eigenvalue weighted by atomic mass is 10.1. The van der Waals surface area contributed by atoms with E-state index >= 15 is 0 Å². The quantitative estimate of drug-likeness (QED) is 0.745. The maximum atomic E-state index is 11.5. The number of benzene rings is 2. The largest absolute Gasteiger partial charge is 0.497 e. The number of ether oxygens (including phenoxy) is 2. The molecule has 122 valence electrons. The first-order valence-corrected chi connectivity index (χ1v) is 7.24. The Morgan fingerprint density at radius 2 is 1.88 bits per heavy atom. The SMILES string of the molecule is COc1ccc(OC)c(Nc2cc(C(=O)O)c3ccccc3n2)c1. The molecule has 1 aromatic heterocycles. The van der Waals surface area contributed by atoms with Gasteiger partial charge in [0.2, 0.25) is 0 Å². The van der Waals surface area contributed by atoms with E-state index in [1.165, 1.54) is 6.07 Å². The van der Waals surface area contributed by atoms with E-state index in [-0.39, 0.29) is 5.56 Å². The van der Waals surface area contributed by atoms with Gasteiger partial charge in [0.1, 0.15) is 17.3 Å². The number of aromatic nitrogens is 1. The van der Waals surface area contributed by atoms with Crippen molar-refractivity contribution in [1.29, 1.82) is 0 Å². The number of carbonyl (C=O) groups is 1. The molecule has 6 heteroatoms. The van der Waals surface area contributed by atoms with E-state index in [9.17, 15) is 9.90 Å². The molecule has 0 aliphatic rings. The summed E-state index contributed by atoms with van der Waals surface area (Å²) in [5.41, 5.74) is 1.42. The monoisotopic (exact) mass is 324 g/mol. The summed E-state index contributed by atoms with van der Waals surface area (Å²) in [7, 11) is 3.13. The van der Waals surface area contributed by atoms with E-state index in [0.29, 0.717) is 33.9 Å². The summed E-state index contributed by atoms with van der Waals surface area (Å²) in [6.45, 7) is 0. The van der Waals surface area contributed by atoms with Gasteiger partial charge in [-0.05, 0) is 24.3 Å². The number of nitrogens with one attached hydrogen (secondary N) is 1. The van der Waals surface area contributed by atoms with Crippen LogP contribution in [0.15, 0.2) is 48.5 Å². The molecule has 0 amide bonds. The van der Waals surface area contributed by atoms with E-state index in [1.54, 1.807) is 50.6 Å². The third kappa shape index (κ3) is 2.94. The average Bonchev–Trinajstić information content (AvgIpc) is 2.60. The molecule has 0 bridgehead atoms. The number of para-hydroxylation sites is 1. The van der Waals surface area contributed by atoms with Crippen molar-refractivity contribution in [2.75, 3.05) is 19.5 Å². The number of pyridine rings is 1. The van der Waals surface area contributed by atoms with E-state index < -0.39 is 5.97 Å². The number of carboxylic acids is 1.